The molecule has 1 heterocycles. The zero-order chi connectivity index (χ0) is 13.9. The van der Waals surface area contributed by atoms with Gasteiger partial charge in [-0.15, -0.1) is 0 Å². The van der Waals surface area contributed by atoms with Crippen LogP contribution in [0.15, 0.2) is 30.3 Å². The Labute approximate surface area is 116 Å². The second kappa shape index (κ2) is 6.06. The van der Waals surface area contributed by atoms with E-state index < -0.39 is 9.84 Å². The van der Waals surface area contributed by atoms with Crippen LogP contribution in [0.5, 0.6) is 0 Å². The van der Waals surface area contributed by atoms with Crippen molar-refractivity contribution in [1.29, 1.82) is 0 Å². The van der Waals surface area contributed by atoms with Gasteiger partial charge >= 0.3 is 0 Å². The van der Waals surface area contributed by atoms with Gasteiger partial charge < -0.3 is 4.90 Å². The summed E-state index contributed by atoms with van der Waals surface area (Å²) in [5.41, 5.74) is 1.35. The molecule has 2 atom stereocenters. The standard InChI is InChI=1S/C15H23NO2S/c1-13(10-14-6-4-3-5-7-14)11-16(2)15-8-9-19(17,18)12-15/h3-7,13,15H,8-12H2,1-2H3/t13-,15-/m1/s1. The number of nitrogens with zero attached hydrogens (tertiary/aromatic N) is 1. The maximum absolute atomic E-state index is 11.5. The smallest absolute Gasteiger partial charge is 0.151 e. The fourth-order valence-corrected chi connectivity index (χ4v) is 4.65. The Hall–Kier alpha value is -0.870. The summed E-state index contributed by atoms with van der Waals surface area (Å²) in [6.45, 7) is 3.18. The number of hydrogen-bond acceptors (Lipinski definition) is 3. The predicted octanol–water partition coefficient (Wildman–Crippen LogP) is 1.98. The molecule has 1 aliphatic heterocycles. The predicted molar refractivity (Wildman–Crippen MR) is 79.0 cm³/mol. The van der Waals surface area contributed by atoms with E-state index >= 15 is 0 Å². The van der Waals surface area contributed by atoms with Crippen LogP contribution in [0.3, 0.4) is 0 Å². The molecule has 1 aromatic carbocycles. The average molecular weight is 281 g/mol. The molecule has 0 amide bonds. The van der Waals surface area contributed by atoms with Crippen molar-refractivity contribution >= 4 is 9.84 Å². The SMILES string of the molecule is C[C@H](Cc1ccccc1)CN(C)[C@@H]1CCS(=O)(=O)C1. The second-order valence-electron chi connectivity index (χ2n) is 5.79. The summed E-state index contributed by atoms with van der Waals surface area (Å²) in [6, 6.07) is 10.7. The van der Waals surface area contributed by atoms with E-state index in [0.29, 0.717) is 17.4 Å². The molecule has 0 aromatic heterocycles. The minimum atomic E-state index is -2.78. The highest BCUT2D eigenvalue weighted by Crippen LogP contribution is 2.18. The van der Waals surface area contributed by atoms with Crippen molar-refractivity contribution in [2.45, 2.75) is 25.8 Å². The van der Waals surface area contributed by atoms with Gasteiger partial charge in [0.15, 0.2) is 9.84 Å². The van der Waals surface area contributed by atoms with Crippen LogP contribution in [0.2, 0.25) is 0 Å². The van der Waals surface area contributed by atoms with Crippen LogP contribution in [0.25, 0.3) is 0 Å². The van der Waals surface area contributed by atoms with Crippen LogP contribution in [-0.2, 0) is 16.3 Å². The lowest BCUT2D eigenvalue weighted by Crippen LogP contribution is -2.36. The largest absolute Gasteiger partial charge is 0.302 e. The Kier molecular flexibility index (Phi) is 4.63. The van der Waals surface area contributed by atoms with Crippen molar-refractivity contribution < 1.29 is 8.42 Å². The van der Waals surface area contributed by atoms with Crippen molar-refractivity contribution in [3.63, 3.8) is 0 Å². The Bertz CT molecular complexity index is 498. The highest BCUT2D eigenvalue weighted by molar-refractivity contribution is 7.91. The van der Waals surface area contributed by atoms with Gasteiger partial charge in [-0.1, -0.05) is 37.3 Å². The van der Waals surface area contributed by atoms with E-state index in [0.717, 1.165) is 19.4 Å². The maximum Gasteiger partial charge on any atom is 0.151 e. The summed E-state index contributed by atoms with van der Waals surface area (Å²) in [6.07, 6.45) is 1.83. The molecule has 0 unspecified atom stereocenters. The molecule has 19 heavy (non-hydrogen) atoms. The molecule has 1 fully saturated rings. The maximum atomic E-state index is 11.5. The number of sulfone groups is 1. The van der Waals surface area contributed by atoms with Gasteiger partial charge in [0.25, 0.3) is 0 Å². The fourth-order valence-electron chi connectivity index (χ4n) is 2.84. The van der Waals surface area contributed by atoms with Gasteiger partial charge in [-0.3, -0.25) is 0 Å². The Morgan fingerprint density at radius 2 is 2.00 bits per heavy atom. The number of hydrogen-bond donors (Lipinski definition) is 0. The molecule has 4 heteroatoms. The third-order valence-corrected chi connectivity index (χ3v) is 5.61. The summed E-state index contributed by atoms with van der Waals surface area (Å²) in [4.78, 5) is 2.22. The first-order valence-electron chi connectivity index (χ1n) is 6.91. The number of rotatable bonds is 5. The number of benzene rings is 1. The summed E-state index contributed by atoms with van der Waals surface area (Å²) in [5, 5.41) is 0. The fraction of sp³-hybridized carbons (Fsp3) is 0.600. The Morgan fingerprint density at radius 3 is 2.58 bits per heavy atom. The van der Waals surface area contributed by atoms with Crippen molar-refractivity contribution in [2.24, 2.45) is 5.92 Å². The van der Waals surface area contributed by atoms with E-state index in [1.54, 1.807) is 0 Å². The van der Waals surface area contributed by atoms with Crippen molar-refractivity contribution in [2.75, 3.05) is 25.1 Å². The molecule has 0 saturated carbocycles. The van der Waals surface area contributed by atoms with Crippen molar-refractivity contribution in [3.05, 3.63) is 35.9 Å². The van der Waals surface area contributed by atoms with Crippen molar-refractivity contribution in [3.8, 4) is 0 Å². The van der Waals surface area contributed by atoms with Gasteiger partial charge in [0.05, 0.1) is 11.5 Å². The highest BCUT2D eigenvalue weighted by atomic mass is 32.2. The zero-order valence-electron chi connectivity index (χ0n) is 11.7. The van der Waals surface area contributed by atoms with E-state index in [9.17, 15) is 8.42 Å². The highest BCUT2D eigenvalue weighted by Gasteiger charge is 2.30. The molecule has 0 N–H and O–H groups in total. The van der Waals surface area contributed by atoms with Crippen LogP contribution in [0.4, 0.5) is 0 Å². The van der Waals surface area contributed by atoms with E-state index in [1.807, 2.05) is 13.1 Å². The van der Waals surface area contributed by atoms with E-state index in [1.165, 1.54) is 5.56 Å². The van der Waals surface area contributed by atoms with Crippen LogP contribution in [0.1, 0.15) is 18.9 Å². The van der Waals surface area contributed by atoms with Gasteiger partial charge in [0.2, 0.25) is 0 Å². The molecular weight excluding hydrogens is 258 g/mol. The Balaban J connectivity index is 1.84. The normalized spacial score (nSPS) is 23.6. The first kappa shape index (κ1) is 14.5. The van der Waals surface area contributed by atoms with Crippen LogP contribution in [-0.4, -0.2) is 44.5 Å². The van der Waals surface area contributed by atoms with Gasteiger partial charge in [-0.05, 0) is 31.4 Å². The van der Waals surface area contributed by atoms with E-state index in [4.69, 9.17) is 0 Å². The first-order valence-corrected chi connectivity index (χ1v) is 8.73. The molecule has 1 saturated heterocycles. The van der Waals surface area contributed by atoms with Gasteiger partial charge in [-0.25, -0.2) is 8.42 Å². The molecule has 1 aromatic rings. The summed E-state index contributed by atoms with van der Waals surface area (Å²) < 4.78 is 23.0. The van der Waals surface area contributed by atoms with Crippen molar-refractivity contribution in [1.82, 2.24) is 4.90 Å². The second-order valence-corrected chi connectivity index (χ2v) is 8.02. The lowest BCUT2D eigenvalue weighted by molar-refractivity contribution is 0.227. The molecule has 1 aliphatic rings. The first-order chi connectivity index (χ1) is 8.96. The molecule has 3 nitrogen and oxygen atoms in total. The third-order valence-electron chi connectivity index (χ3n) is 3.86. The minimum absolute atomic E-state index is 0.211. The molecule has 0 radical (unpaired) electrons. The molecular formula is C15H23NO2S. The van der Waals surface area contributed by atoms with E-state index in [2.05, 4.69) is 36.1 Å². The quantitative estimate of drug-likeness (QED) is 0.828. The van der Waals surface area contributed by atoms with Gasteiger partial charge in [0, 0.05) is 12.6 Å². The Morgan fingerprint density at radius 1 is 1.32 bits per heavy atom. The lowest BCUT2D eigenvalue weighted by atomic mass is 10.00. The molecule has 0 bridgehead atoms. The zero-order valence-corrected chi connectivity index (χ0v) is 12.6. The van der Waals surface area contributed by atoms with Gasteiger partial charge in [0.1, 0.15) is 0 Å². The molecule has 106 valence electrons. The molecule has 0 aliphatic carbocycles. The van der Waals surface area contributed by atoms with E-state index in [-0.39, 0.29) is 6.04 Å². The average Bonchev–Trinajstić information content (AvgIpc) is 2.71. The van der Waals surface area contributed by atoms with Gasteiger partial charge in [-0.2, -0.15) is 0 Å². The molecule has 0 spiro atoms. The van der Waals surface area contributed by atoms with Crippen LogP contribution >= 0.6 is 0 Å². The monoisotopic (exact) mass is 281 g/mol. The van der Waals surface area contributed by atoms with Crippen LogP contribution in [0, 0.1) is 5.92 Å². The topological polar surface area (TPSA) is 37.4 Å². The molecule has 2 rings (SSSR count). The third kappa shape index (κ3) is 4.32. The lowest BCUT2D eigenvalue weighted by Gasteiger charge is -2.26. The van der Waals surface area contributed by atoms with Crippen LogP contribution < -0.4 is 0 Å². The summed E-state index contributed by atoms with van der Waals surface area (Å²) >= 11 is 0. The minimum Gasteiger partial charge on any atom is -0.302 e. The summed E-state index contributed by atoms with van der Waals surface area (Å²) in [5.74, 6) is 1.23. The summed E-state index contributed by atoms with van der Waals surface area (Å²) in [7, 11) is -0.728.